The van der Waals surface area contributed by atoms with E-state index >= 15 is 4.39 Å². The molecule has 0 bridgehead atoms. The lowest BCUT2D eigenvalue weighted by atomic mass is 10.0. The summed E-state index contributed by atoms with van der Waals surface area (Å²) in [5.74, 6) is -1.27. The number of anilines is 1. The second-order valence-corrected chi connectivity index (χ2v) is 7.40. The van der Waals surface area contributed by atoms with Crippen LogP contribution in [0.25, 0.3) is 22.2 Å². The summed E-state index contributed by atoms with van der Waals surface area (Å²) in [6.45, 7) is 1.44. The van der Waals surface area contributed by atoms with Crippen LogP contribution < -0.4 is 15.0 Å². The maximum atomic E-state index is 15.6. The number of aromatic hydroxyl groups is 1. The van der Waals surface area contributed by atoms with Crippen LogP contribution in [0.3, 0.4) is 0 Å². The van der Waals surface area contributed by atoms with Crippen LogP contribution in [0.4, 0.5) is 23.4 Å². The molecule has 0 radical (unpaired) electrons. The van der Waals surface area contributed by atoms with Gasteiger partial charge in [0.15, 0.2) is 5.82 Å². The number of nitrogens with zero attached hydrogens (tertiary/aromatic N) is 5. The minimum Gasteiger partial charge on any atom is -0.508 e. The number of benzene rings is 1. The number of nitrogens with one attached hydrogen (secondary N) is 1. The number of halogens is 4. The monoisotopic (exact) mass is 462 g/mol. The Kier molecular flexibility index (Phi) is 5.90. The summed E-state index contributed by atoms with van der Waals surface area (Å²) in [5.41, 5.74) is -2.64. The summed E-state index contributed by atoms with van der Waals surface area (Å²) in [7, 11) is 1.29. The fraction of sp³-hybridized carbons (Fsp3) is 0.333. The lowest BCUT2D eigenvalue weighted by Gasteiger charge is -2.34. The van der Waals surface area contributed by atoms with Gasteiger partial charge in [-0.15, -0.1) is 0 Å². The SMILES string of the molecule is COc1nc(N2CCNC(CC#N)C2)c2cnc(-c3cc(O)ccc3C(F)(F)F)c(F)c2n1. The van der Waals surface area contributed by atoms with Crippen molar-refractivity contribution < 1.29 is 27.4 Å². The molecule has 172 valence electrons. The topological polar surface area (TPSA) is 107 Å². The Bertz CT molecular complexity index is 1240. The molecule has 4 rings (SSSR count). The van der Waals surface area contributed by atoms with Crippen LogP contribution in [0.1, 0.15) is 12.0 Å². The molecular formula is C21H18F4N6O2. The third kappa shape index (κ3) is 4.31. The van der Waals surface area contributed by atoms with Gasteiger partial charge in [-0.3, -0.25) is 4.98 Å². The number of methoxy groups -OCH3 is 1. The second-order valence-electron chi connectivity index (χ2n) is 7.40. The standard InChI is InChI=1S/C21H18F4N6O2/c1-33-20-29-18-14(19(30-20)31-7-6-27-11(10-31)4-5-26)9-28-17(16(18)22)13-8-12(32)2-3-15(13)21(23,24)25/h2-3,8-9,11,27,32H,4,6-7,10H2,1H3. The smallest absolute Gasteiger partial charge is 0.417 e. The van der Waals surface area contributed by atoms with Gasteiger partial charge < -0.3 is 20.1 Å². The van der Waals surface area contributed by atoms with E-state index in [0.717, 1.165) is 12.1 Å². The molecule has 3 heterocycles. The number of alkyl halides is 3. The number of pyridine rings is 1. The molecule has 0 amide bonds. The number of ether oxygens (including phenoxy) is 1. The number of hydrogen-bond acceptors (Lipinski definition) is 8. The first-order valence-corrected chi connectivity index (χ1v) is 9.89. The van der Waals surface area contributed by atoms with E-state index in [1.807, 2.05) is 4.90 Å². The average molecular weight is 462 g/mol. The summed E-state index contributed by atoms with van der Waals surface area (Å²) in [6, 6.07) is 4.13. The maximum absolute atomic E-state index is 15.6. The number of aromatic nitrogens is 3. The lowest BCUT2D eigenvalue weighted by Crippen LogP contribution is -2.51. The van der Waals surface area contributed by atoms with E-state index in [1.54, 1.807) is 0 Å². The maximum Gasteiger partial charge on any atom is 0.417 e. The van der Waals surface area contributed by atoms with Crippen molar-refractivity contribution in [3.05, 3.63) is 35.8 Å². The van der Waals surface area contributed by atoms with Gasteiger partial charge in [0.2, 0.25) is 0 Å². The van der Waals surface area contributed by atoms with E-state index in [2.05, 4.69) is 26.3 Å². The molecule has 1 aromatic carbocycles. The fourth-order valence-electron chi connectivity index (χ4n) is 3.78. The first-order valence-electron chi connectivity index (χ1n) is 9.89. The van der Waals surface area contributed by atoms with Crippen molar-refractivity contribution in [3.8, 4) is 29.1 Å². The van der Waals surface area contributed by atoms with Crippen LogP contribution in [0, 0.1) is 17.1 Å². The van der Waals surface area contributed by atoms with Crippen molar-refractivity contribution in [1.29, 1.82) is 5.26 Å². The first kappa shape index (κ1) is 22.5. The minimum atomic E-state index is -4.79. The predicted molar refractivity (Wildman–Crippen MR) is 110 cm³/mol. The van der Waals surface area contributed by atoms with E-state index in [4.69, 9.17) is 10.00 Å². The molecule has 1 fully saturated rings. The number of phenolic OH excluding ortho intramolecular Hbond substituents is 1. The number of nitriles is 1. The zero-order chi connectivity index (χ0) is 23.8. The van der Waals surface area contributed by atoms with Gasteiger partial charge in [0.05, 0.1) is 30.5 Å². The van der Waals surface area contributed by atoms with Crippen molar-refractivity contribution in [2.45, 2.75) is 18.6 Å². The van der Waals surface area contributed by atoms with Gasteiger partial charge in [0.25, 0.3) is 0 Å². The van der Waals surface area contributed by atoms with Gasteiger partial charge in [-0.2, -0.15) is 28.4 Å². The number of rotatable bonds is 4. The van der Waals surface area contributed by atoms with Gasteiger partial charge in [-0.05, 0) is 18.2 Å². The molecule has 33 heavy (non-hydrogen) atoms. The van der Waals surface area contributed by atoms with E-state index in [9.17, 15) is 18.3 Å². The minimum absolute atomic E-state index is 0.140. The second kappa shape index (κ2) is 8.67. The number of hydrogen-bond donors (Lipinski definition) is 2. The number of fused-ring (bicyclic) bond motifs is 1. The molecule has 1 aliphatic rings. The highest BCUT2D eigenvalue weighted by Crippen LogP contribution is 2.40. The van der Waals surface area contributed by atoms with Crippen LogP contribution in [0.15, 0.2) is 24.4 Å². The third-order valence-electron chi connectivity index (χ3n) is 5.28. The zero-order valence-electron chi connectivity index (χ0n) is 17.3. The van der Waals surface area contributed by atoms with Crippen LogP contribution in [-0.2, 0) is 6.18 Å². The van der Waals surface area contributed by atoms with Gasteiger partial charge in [-0.1, -0.05) is 0 Å². The van der Waals surface area contributed by atoms with Crippen LogP contribution in [-0.4, -0.2) is 52.8 Å². The highest BCUT2D eigenvalue weighted by Gasteiger charge is 2.35. The summed E-state index contributed by atoms with van der Waals surface area (Å²) in [5, 5.41) is 22.1. The van der Waals surface area contributed by atoms with Crippen LogP contribution in [0.2, 0.25) is 0 Å². The molecular weight excluding hydrogens is 444 g/mol. The summed E-state index contributed by atoms with van der Waals surface area (Å²) >= 11 is 0. The first-order chi connectivity index (χ1) is 15.7. The van der Waals surface area contributed by atoms with Gasteiger partial charge in [0.1, 0.15) is 22.8 Å². The Labute approximate surface area is 185 Å². The molecule has 0 saturated carbocycles. The molecule has 8 nitrogen and oxygen atoms in total. The van der Waals surface area contributed by atoms with Crippen molar-refractivity contribution >= 4 is 16.7 Å². The molecule has 1 saturated heterocycles. The van der Waals surface area contributed by atoms with Crippen molar-refractivity contribution in [2.24, 2.45) is 0 Å². The van der Waals surface area contributed by atoms with E-state index in [1.165, 1.54) is 13.3 Å². The van der Waals surface area contributed by atoms with Crippen molar-refractivity contribution in [3.63, 3.8) is 0 Å². The Morgan fingerprint density at radius 2 is 2.12 bits per heavy atom. The highest BCUT2D eigenvalue weighted by atomic mass is 19.4. The Balaban J connectivity index is 1.89. The normalized spacial score (nSPS) is 16.6. The van der Waals surface area contributed by atoms with Crippen LogP contribution >= 0.6 is 0 Å². The van der Waals surface area contributed by atoms with E-state index in [0.29, 0.717) is 31.5 Å². The molecule has 1 aliphatic heterocycles. The summed E-state index contributed by atoms with van der Waals surface area (Å²) in [4.78, 5) is 14.1. The molecule has 1 unspecified atom stereocenters. The fourth-order valence-corrected chi connectivity index (χ4v) is 3.78. The summed E-state index contributed by atoms with van der Waals surface area (Å²) in [6.07, 6.45) is -3.34. The molecule has 2 aromatic heterocycles. The number of phenols is 1. The molecule has 2 N–H and O–H groups in total. The summed E-state index contributed by atoms with van der Waals surface area (Å²) < 4.78 is 61.3. The van der Waals surface area contributed by atoms with E-state index in [-0.39, 0.29) is 29.4 Å². The highest BCUT2D eigenvalue weighted by molar-refractivity contribution is 5.92. The lowest BCUT2D eigenvalue weighted by molar-refractivity contribution is -0.137. The third-order valence-corrected chi connectivity index (χ3v) is 5.28. The van der Waals surface area contributed by atoms with Crippen molar-refractivity contribution in [1.82, 2.24) is 20.3 Å². The van der Waals surface area contributed by atoms with Crippen LogP contribution in [0.5, 0.6) is 11.8 Å². The molecule has 3 aromatic rings. The predicted octanol–water partition coefficient (Wildman–Crippen LogP) is 3.26. The Hall–Kier alpha value is -3.72. The number of piperazine rings is 1. The van der Waals surface area contributed by atoms with Gasteiger partial charge in [-0.25, -0.2) is 4.39 Å². The van der Waals surface area contributed by atoms with Crippen molar-refractivity contribution in [2.75, 3.05) is 31.6 Å². The molecule has 12 heteroatoms. The quantitative estimate of drug-likeness (QED) is 0.569. The largest absolute Gasteiger partial charge is 0.508 e. The Morgan fingerprint density at radius 3 is 2.82 bits per heavy atom. The zero-order valence-corrected chi connectivity index (χ0v) is 17.3. The van der Waals surface area contributed by atoms with E-state index < -0.39 is 34.6 Å². The molecule has 0 aliphatic carbocycles. The average Bonchev–Trinajstić information content (AvgIpc) is 2.78. The molecule has 0 spiro atoms. The Morgan fingerprint density at radius 1 is 1.33 bits per heavy atom. The van der Waals surface area contributed by atoms with Gasteiger partial charge in [0, 0.05) is 37.4 Å². The van der Waals surface area contributed by atoms with Gasteiger partial charge >= 0.3 is 12.2 Å². The molecule has 1 atom stereocenters.